The third-order valence-corrected chi connectivity index (χ3v) is 6.45. The van der Waals surface area contributed by atoms with E-state index >= 15 is 0 Å². The maximum Gasteiger partial charge on any atom is 0.240 e. The van der Waals surface area contributed by atoms with E-state index in [9.17, 15) is 8.42 Å². The smallest absolute Gasteiger partial charge is 0.211 e. The van der Waals surface area contributed by atoms with E-state index in [0.717, 1.165) is 11.8 Å². The molecule has 1 N–H and O–H groups in total. The fraction of sp³-hybridized carbons (Fsp3) is 0.571. The molecule has 6 heteroatoms. The fourth-order valence-electron chi connectivity index (χ4n) is 2.67. The molecule has 0 spiro atoms. The second-order valence-corrected chi connectivity index (χ2v) is 8.12. The molecule has 0 aromatic heterocycles. The summed E-state index contributed by atoms with van der Waals surface area (Å²) >= 11 is 9.31. The van der Waals surface area contributed by atoms with E-state index in [-0.39, 0.29) is 4.90 Å². The first-order valence-corrected chi connectivity index (χ1v) is 9.82. The molecule has 0 aliphatic heterocycles. The Morgan fingerprint density at radius 3 is 2.35 bits per heavy atom. The van der Waals surface area contributed by atoms with Gasteiger partial charge in [0.15, 0.2) is 0 Å². The summed E-state index contributed by atoms with van der Waals surface area (Å²) in [7, 11) is -3.43. The van der Waals surface area contributed by atoms with Crippen LogP contribution in [0, 0.1) is 11.8 Å². The Hall–Kier alpha value is -0.100. The average molecular weight is 381 g/mol. The van der Waals surface area contributed by atoms with E-state index in [4.69, 9.17) is 11.6 Å². The molecule has 112 valence electrons. The van der Waals surface area contributed by atoms with Crippen molar-refractivity contribution in [2.45, 2.75) is 30.6 Å². The van der Waals surface area contributed by atoms with Gasteiger partial charge in [-0.2, -0.15) is 0 Å². The van der Waals surface area contributed by atoms with Crippen molar-refractivity contribution in [1.29, 1.82) is 0 Å². The summed E-state index contributed by atoms with van der Waals surface area (Å²) in [6.45, 7) is 0.515. The van der Waals surface area contributed by atoms with Crippen LogP contribution in [0.3, 0.4) is 0 Å². The van der Waals surface area contributed by atoms with Crippen LogP contribution < -0.4 is 4.72 Å². The lowest BCUT2D eigenvalue weighted by atomic mass is 9.80. The lowest BCUT2D eigenvalue weighted by Crippen LogP contribution is -2.34. The number of sulfonamides is 1. The number of halogens is 2. The third kappa shape index (κ3) is 4.20. The van der Waals surface area contributed by atoms with Crippen LogP contribution in [0.1, 0.15) is 25.7 Å². The highest BCUT2D eigenvalue weighted by molar-refractivity contribution is 9.09. The molecule has 3 nitrogen and oxygen atoms in total. The molecule has 0 amide bonds. The highest BCUT2D eigenvalue weighted by atomic mass is 79.9. The zero-order valence-electron chi connectivity index (χ0n) is 11.2. The Labute approximate surface area is 134 Å². The first-order chi connectivity index (χ1) is 9.53. The fourth-order valence-corrected chi connectivity index (χ4v) is 4.74. The zero-order valence-corrected chi connectivity index (χ0v) is 14.3. The first kappa shape index (κ1) is 16.3. The molecule has 1 saturated carbocycles. The van der Waals surface area contributed by atoms with Crippen LogP contribution in [0.25, 0.3) is 0 Å². The second-order valence-electron chi connectivity index (χ2n) is 5.26. The van der Waals surface area contributed by atoms with E-state index in [1.807, 2.05) is 0 Å². The molecule has 1 aliphatic rings. The first-order valence-electron chi connectivity index (χ1n) is 6.84. The number of alkyl halides is 1. The normalized spacial score (nSPS) is 23.7. The third-order valence-electron chi connectivity index (χ3n) is 3.92. The van der Waals surface area contributed by atoms with Crippen LogP contribution in [0.5, 0.6) is 0 Å². The minimum Gasteiger partial charge on any atom is -0.211 e. The van der Waals surface area contributed by atoms with Gasteiger partial charge in [0, 0.05) is 16.9 Å². The van der Waals surface area contributed by atoms with Gasteiger partial charge in [0.25, 0.3) is 0 Å². The van der Waals surface area contributed by atoms with Gasteiger partial charge in [-0.05, 0) is 48.9 Å². The highest BCUT2D eigenvalue weighted by Gasteiger charge is 2.25. The van der Waals surface area contributed by atoms with Gasteiger partial charge in [-0.1, -0.05) is 40.4 Å². The average Bonchev–Trinajstić information content (AvgIpc) is 2.46. The topological polar surface area (TPSA) is 46.2 Å². The Balaban J connectivity index is 1.99. The van der Waals surface area contributed by atoms with Gasteiger partial charge in [-0.25, -0.2) is 13.1 Å². The lowest BCUT2D eigenvalue weighted by Gasteiger charge is -2.30. The molecule has 2 atom stereocenters. The molecule has 1 fully saturated rings. The summed E-state index contributed by atoms with van der Waals surface area (Å²) in [5, 5.41) is 1.48. The van der Waals surface area contributed by atoms with Gasteiger partial charge in [0.2, 0.25) is 10.0 Å². The van der Waals surface area contributed by atoms with Crippen molar-refractivity contribution in [2.75, 3.05) is 11.9 Å². The summed E-state index contributed by atoms with van der Waals surface area (Å²) in [4.78, 5) is 0.271. The summed E-state index contributed by atoms with van der Waals surface area (Å²) in [6.07, 6.45) is 4.71. The van der Waals surface area contributed by atoms with Crippen LogP contribution in [-0.4, -0.2) is 20.3 Å². The molecule has 0 saturated heterocycles. The van der Waals surface area contributed by atoms with Crippen LogP contribution in [-0.2, 0) is 10.0 Å². The molecule has 1 aromatic rings. The van der Waals surface area contributed by atoms with Crippen molar-refractivity contribution in [2.24, 2.45) is 11.8 Å². The molecule has 1 aliphatic carbocycles. The van der Waals surface area contributed by atoms with E-state index in [1.54, 1.807) is 12.1 Å². The van der Waals surface area contributed by atoms with Crippen molar-refractivity contribution in [1.82, 2.24) is 4.72 Å². The Kier molecular flexibility index (Phi) is 5.90. The Morgan fingerprint density at radius 2 is 1.75 bits per heavy atom. The number of benzene rings is 1. The van der Waals surface area contributed by atoms with Crippen molar-refractivity contribution >= 4 is 37.6 Å². The SMILES string of the molecule is O=S(=O)(NCC1CCCCC1CBr)c1ccc(Cl)cc1. The standard InChI is InChI=1S/C14H19BrClNO2S/c15-9-11-3-1-2-4-12(11)10-17-20(18,19)14-7-5-13(16)6-8-14/h5-8,11-12,17H,1-4,9-10H2. The van der Waals surface area contributed by atoms with Crippen LogP contribution >= 0.6 is 27.5 Å². The molecule has 0 heterocycles. The van der Waals surface area contributed by atoms with Gasteiger partial charge >= 0.3 is 0 Å². The second kappa shape index (κ2) is 7.25. The van der Waals surface area contributed by atoms with Crippen molar-refractivity contribution in [3.8, 4) is 0 Å². The molecular formula is C14H19BrClNO2S. The van der Waals surface area contributed by atoms with Gasteiger partial charge in [0.05, 0.1) is 4.90 Å². The zero-order chi connectivity index (χ0) is 14.6. The molecule has 20 heavy (non-hydrogen) atoms. The summed E-state index contributed by atoms with van der Waals surface area (Å²) in [6, 6.07) is 6.26. The van der Waals surface area contributed by atoms with Crippen molar-refractivity contribution in [3.05, 3.63) is 29.3 Å². The van der Waals surface area contributed by atoms with E-state index in [0.29, 0.717) is 23.4 Å². The number of hydrogen-bond donors (Lipinski definition) is 1. The maximum atomic E-state index is 12.2. The summed E-state index contributed by atoms with van der Waals surface area (Å²) in [5.41, 5.74) is 0. The number of nitrogens with one attached hydrogen (secondary N) is 1. The number of rotatable bonds is 5. The van der Waals surface area contributed by atoms with Gasteiger partial charge < -0.3 is 0 Å². The van der Waals surface area contributed by atoms with Crippen molar-refractivity contribution < 1.29 is 8.42 Å². The molecule has 0 radical (unpaired) electrons. The van der Waals surface area contributed by atoms with E-state index in [1.165, 1.54) is 31.4 Å². The Bertz CT molecular complexity index is 533. The van der Waals surface area contributed by atoms with Gasteiger partial charge in [-0.15, -0.1) is 0 Å². The minimum absolute atomic E-state index is 0.271. The molecule has 1 aromatic carbocycles. The predicted octanol–water partition coefficient (Wildman–Crippen LogP) is 3.82. The van der Waals surface area contributed by atoms with Crippen molar-refractivity contribution in [3.63, 3.8) is 0 Å². The molecule has 2 unspecified atom stereocenters. The van der Waals surface area contributed by atoms with Crippen LogP contribution in [0.15, 0.2) is 29.2 Å². The van der Waals surface area contributed by atoms with Crippen LogP contribution in [0.2, 0.25) is 5.02 Å². The van der Waals surface area contributed by atoms with Crippen LogP contribution in [0.4, 0.5) is 0 Å². The van der Waals surface area contributed by atoms with Gasteiger partial charge in [-0.3, -0.25) is 0 Å². The molecule has 0 bridgehead atoms. The molecule has 2 rings (SSSR count). The summed E-state index contributed by atoms with van der Waals surface area (Å²) in [5.74, 6) is 0.988. The summed E-state index contributed by atoms with van der Waals surface area (Å²) < 4.78 is 27.2. The highest BCUT2D eigenvalue weighted by Crippen LogP contribution is 2.31. The molecular weight excluding hydrogens is 362 g/mol. The minimum atomic E-state index is -3.43. The number of hydrogen-bond acceptors (Lipinski definition) is 2. The van der Waals surface area contributed by atoms with Gasteiger partial charge in [0.1, 0.15) is 0 Å². The van der Waals surface area contributed by atoms with E-state index in [2.05, 4.69) is 20.7 Å². The predicted molar refractivity (Wildman–Crippen MR) is 85.9 cm³/mol. The largest absolute Gasteiger partial charge is 0.240 e. The lowest BCUT2D eigenvalue weighted by molar-refractivity contribution is 0.263. The maximum absolute atomic E-state index is 12.2. The Morgan fingerprint density at radius 1 is 1.15 bits per heavy atom. The quantitative estimate of drug-likeness (QED) is 0.789. The monoisotopic (exact) mass is 379 g/mol. The van der Waals surface area contributed by atoms with E-state index < -0.39 is 10.0 Å².